The molecule has 1 aromatic heterocycles. The van der Waals surface area contributed by atoms with Crippen molar-refractivity contribution in [2.45, 2.75) is 13.8 Å². The fourth-order valence-electron chi connectivity index (χ4n) is 1.17. The predicted molar refractivity (Wildman–Crippen MR) is 65.2 cm³/mol. The second-order valence-electron chi connectivity index (χ2n) is 3.37. The van der Waals surface area contributed by atoms with Gasteiger partial charge in [-0.25, -0.2) is 0 Å². The number of ketones is 1. The Labute approximate surface area is 99.0 Å². The summed E-state index contributed by atoms with van der Waals surface area (Å²) in [6.45, 7) is 5.76. The van der Waals surface area contributed by atoms with Gasteiger partial charge in [0.05, 0.1) is 4.88 Å². The summed E-state index contributed by atoms with van der Waals surface area (Å²) in [5.41, 5.74) is 0.599. The first kappa shape index (κ1) is 12.9. The fourth-order valence-corrected chi connectivity index (χ4v) is 2.03. The van der Waals surface area contributed by atoms with Crippen molar-refractivity contribution in [3.63, 3.8) is 0 Å². The Morgan fingerprint density at radius 1 is 1.38 bits per heavy atom. The van der Waals surface area contributed by atoms with Crippen LogP contribution in [0.4, 0.5) is 0 Å². The minimum absolute atomic E-state index is 0.0112. The first-order valence-electron chi connectivity index (χ1n) is 5.23. The number of thiophene rings is 1. The first-order valence-corrected chi connectivity index (χ1v) is 6.11. The molecule has 0 aliphatic carbocycles. The predicted octanol–water partition coefficient (Wildman–Crippen LogP) is 1.29. The molecule has 1 amide bonds. The van der Waals surface area contributed by atoms with Gasteiger partial charge in [-0.05, 0) is 19.5 Å². The lowest BCUT2D eigenvalue weighted by atomic mass is 10.2. The van der Waals surface area contributed by atoms with Gasteiger partial charge < -0.3 is 10.6 Å². The van der Waals surface area contributed by atoms with Crippen molar-refractivity contribution in [2.24, 2.45) is 0 Å². The van der Waals surface area contributed by atoms with Crippen molar-refractivity contribution in [2.75, 3.05) is 19.6 Å². The third-order valence-electron chi connectivity index (χ3n) is 2.07. The monoisotopic (exact) mass is 240 g/mol. The van der Waals surface area contributed by atoms with Gasteiger partial charge in [-0.3, -0.25) is 9.59 Å². The van der Waals surface area contributed by atoms with Crippen molar-refractivity contribution in [3.8, 4) is 0 Å². The van der Waals surface area contributed by atoms with Crippen LogP contribution in [0, 0.1) is 0 Å². The smallest absolute Gasteiger partial charge is 0.261 e. The molecule has 16 heavy (non-hydrogen) atoms. The van der Waals surface area contributed by atoms with Gasteiger partial charge in [0.15, 0.2) is 5.78 Å². The van der Waals surface area contributed by atoms with Crippen molar-refractivity contribution in [3.05, 3.63) is 21.9 Å². The molecule has 0 spiro atoms. The average molecular weight is 240 g/mol. The van der Waals surface area contributed by atoms with E-state index < -0.39 is 0 Å². The van der Waals surface area contributed by atoms with Gasteiger partial charge >= 0.3 is 0 Å². The summed E-state index contributed by atoms with van der Waals surface area (Å²) in [6, 6.07) is 1.63. The van der Waals surface area contributed by atoms with Crippen molar-refractivity contribution < 1.29 is 9.59 Å². The molecule has 5 heteroatoms. The maximum atomic E-state index is 11.6. The Balaban J connectivity index is 2.43. The van der Waals surface area contributed by atoms with Crippen molar-refractivity contribution in [1.29, 1.82) is 0 Å². The number of hydrogen-bond donors (Lipinski definition) is 2. The van der Waals surface area contributed by atoms with Crippen LogP contribution in [-0.4, -0.2) is 31.3 Å². The van der Waals surface area contributed by atoms with Gasteiger partial charge in [0, 0.05) is 24.0 Å². The number of carbonyl (C=O) groups excluding carboxylic acids is 2. The molecule has 0 saturated carbocycles. The highest BCUT2D eigenvalue weighted by atomic mass is 32.1. The molecule has 4 nitrogen and oxygen atoms in total. The highest BCUT2D eigenvalue weighted by molar-refractivity contribution is 7.12. The number of hydrogen-bond acceptors (Lipinski definition) is 4. The van der Waals surface area contributed by atoms with Crippen LogP contribution in [0.5, 0.6) is 0 Å². The van der Waals surface area contributed by atoms with E-state index in [9.17, 15) is 9.59 Å². The van der Waals surface area contributed by atoms with Crippen LogP contribution >= 0.6 is 11.3 Å². The van der Waals surface area contributed by atoms with Gasteiger partial charge in [0.25, 0.3) is 5.91 Å². The molecule has 0 unspecified atom stereocenters. The molecule has 0 fully saturated rings. The Morgan fingerprint density at radius 2 is 2.12 bits per heavy atom. The zero-order valence-corrected chi connectivity index (χ0v) is 10.3. The molecular formula is C11H16N2O2S. The third kappa shape index (κ3) is 3.75. The SMILES string of the molecule is CCNCCNC(=O)c1cc(C(C)=O)cs1. The maximum Gasteiger partial charge on any atom is 0.261 e. The molecule has 0 aliphatic rings. The Kier molecular flexibility index (Phi) is 5.14. The Morgan fingerprint density at radius 3 is 2.69 bits per heavy atom. The fraction of sp³-hybridized carbons (Fsp3) is 0.455. The molecule has 1 rings (SSSR count). The summed E-state index contributed by atoms with van der Waals surface area (Å²) in [5.74, 6) is -0.127. The average Bonchev–Trinajstić information content (AvgIpc) is 2.73. The first-order chi connectivity index (χ1) is 7.65. The van der Waals surface area contributed by atoms with E-state index >= 15 is 0 Å². The summed E-state index contributed by atoms with van der Waals surface area (Å²) < 4.78 is 0. The zero-order chi connectivity index (χ0) is 12.0. The molecular weight excluding hydrogens is 224 g/mol. The van der Waals surface area contributed by atoms with Crippen LogP contribution < -0.4 is 10.6 Å². The third-order valence-corrected chi connectivity index (χ3v) is 3.00. The van der Waals surface area contributed by atoms with Crippen LogP contribution in [0.3, 0.4) is 0 Å². The van der Waals surface area contributed by atoms with Gasteiger partial charge in [0.2, 0.25) is 0 Å². The van der Waals surface area contributed by atoms with Gasteiger partial charge in [-0.2, -0.15) is 0 Å². The molecule has 1 heterocycles. The number of likely N-dealkylation sites (N-methyl/N-ethyl adjacent to an activating group) is 1. The number of rotatable bonds is 6. The van der Waals surface area contributed by atoms with E-state index in [0.29, 0.717) is 17.0 Å². The minimum Gasteiger partial charge on any atom is -0.350 e. The lowest BCUT2D eigenvalue weighted by molar-refractivity contribution is 0.0958. The maximum absolute atomic E-state index is 11.6. The van der Waals surface area contributed by atoms with E-state index in [0.717, 1.165) is 13.1 Å². The Bertz CT molecular complexity index is 374. The number of amides is 1. The summed E-state index contributed by atoms with van der Waals surface area (Å²) in [5, 5.41) is 7.61. The highest BCUT2D eigenvalue weighted by Gasteiger charge is 2.10. The summed E-state index contributed by atoms with van der Waals surface area (Å²) >= 11 is 1.30. The second kappa shape index (κ2) is 6.40. The van der Waals surface area contributed by atoms with Crippen molar-refractivity contribution >= 4 is 23.0 Å². The zero-order valence-electron chi connectivity index (χ0n) is 9.50. The number of carbonyl (C=O) groups is 2. The molecule has 0 radical (unpaired) electrons. The van der Waals surface area contributed by atoms with E-state index in [-0.39, 0.29) is 11.7 Å². The van der Waals surface area contributed by atoms with Crippen LogP contribution in [0.15, 0.2) is 11.4 Å². The summed E-state index contributed by atoms with van der Waals surface area (Å²) in [6.07, 6.45) is 0. The molecule has 0 atom stereocenters. The van der Waals surface area contributed by atoms with E-state index in [4.69, 9.17) is 0 Å². The number of nitrogens with one attached hydrogen (secondary N) is 2. The largest absolute Gasteiger partial charge is 0.350 e. The highest BCUT2D eigenvalue weighted by Crippen LogP contribution is 2.14. The van der Waals surface area contributed by atoms with Gasteiger partial charge in [-0.1, -0.05) is 6.92 Å². The standard InChI is InChI=1S/C11H16N2O2S/c1-3-12-4-5-13-11(15)10-6-9(7-16-10)8(2)14/h6-7,12H,3-5H2,1-2H3,(H,13,15). The molecule has 0 aliphatic heterocycles. The molecule has 88 valence electrons. The normalized spacial score (nSPS) is 10.1. The van der Waals surface area contributed by atoms with Gasteiger partial charge in [0.1, 0.15) is 0 Å². The second-order valence-corrected chi connectivity index (χ2v) is 4.28. The molecule has 0 bridgehead atoms. The Hall–Kier alpha value is -1.20. The summed E-state index contributed by atoms with van der Waals surface area (Å²) in [7, 11) is 0. The van der Waals surface area contributed by atoms with E-state index in [1.54, 1.807) is 11.4 Å². The van der Waals surface area contributed by atoms with Crippen LogP contribution in [-0.2, 0) is 0 Å². The topological polar surface area (TPSA) is 58.2 Å². The molecule has 0 aromatic carbocycles. The lowest BCUT2D eigenvalue weighted by Crippen LogP contribution is -2.31. The van der Waals surface area contributed by atoms with Gasteiger partial charge in [-0.15, -0.1) is 11.3 Å². The molecule has 1 aromatic rings. The number of Topliss-reactive ketones (excluding diaryl/α,β-unsaturated/α-hetero) is 1. The molecule has 2 N–H and O–H groups in total. The molecule has 0 saturated heterocycles. The van der Waals surface area contributed by atoms with E-state index in [1.165, 1.54) is 18.3 Å². The van der Waals surface area contributed by atoms with Crippen LogP contribution in [0.2, 0.25) is 0 Å². The minimum atomic E-state index is -0.115. The van der Waals surface area contributed by atoms with E-state index in [1.807, 2.05) is 6.92 Å². The van der Waals surface area contributed by atoms with E-state index in [2.05, 4.69) is 10.6 Å². The quantitative estimate of drug-likeness (QED) is 0.582. The van der Waals surface area contributed by atoms with Crippen LogP contribution in [0.25, 0.3) is 0 Å². The summed E-state index contributed by atoms with van der Waals surface area (Å²) in [4.78, 5) is 23.2. The lowest BCUT2D eigenvalue weighted by Gasteiger charge is -2.03. The van der Waals surface area contributed by atoms with Crippen LogP contribution in [0.1, 0.15) is 33.9 Å². The van der Waals surface area contributed by atoms with Crippen molar-refractivity contribution in [1.82, 2.24) is 10.6 Å².